The van der Waals surface area contributed by atoms with Crippen LogP contribution in [0.5, 0.6) is 0 Å². The van der Waals surface area contributed by atoms with Gasteiger partial charge in [0.05, 0.1) is 5.69 Å². The van der Waals surface area contributed by atoms with Gasteiger partial charge in [-0.2, -0.15) is 0 Å². The fraction of sp³-hybridized carbons (Fsp3) is 0.737. The first-order valence-corrected chi connectivity index (χ1v) is 11.0. The highest BCUT2D eigenvalue weighted by Crippen LogP contribution is 2.24. The molecule has 1 aromatic rings. The third-order valence-corrected chi connectivity index (χ3v) is 6.14. The molecule has 0 aromatic carbocycles. The second-order valence-corrected chi connectivity index (χ2v) is 8.26. The van der Waals surface area contributed by atoms with Gasteiger partial charge in [-0.3, -0.25) is 9.79 Å². The summed E-state index contributed by atoms with van der Waals surface area (Å²) in [6.07, 6.45) is 6.02. The fourth-order valence-electron chi connectivity index (χ4n) is 3.88. The minimum Gasteiger partial charge on any atom is -0.370 e. The molecule has 1 unspecified atom stereocenters. The molecule has 2 aliphatic heterocycles. The molecular formula is C19H32N6OS. The number of rotatable bonds is 7. The molecule has 0 radical (unpaired) electrons. The maximum Gasteiger partial charge on any atom is 0.217 e. The van der Waals surface area contributed by atoms with Crippen molar-refractivity contribution in [2.24, 2.45) is 16.6 Å². The van der Waals surface area contributed by atoms with E-state index in [2.05, 4.69) is 27.4 Å². The Morgan fingerprint density at radius 1 is 1.37 bits per heavy atom. The van der Waals surface area contributed by atoms with Crippen molar-refractivity contribution in [1.82, 2.24) is 15.2 Å². The Labute approximate surface area is 166 Å². The molecule has 0 saturated carbocycles. The Balaban J connectivity index is 1.54. The van der Waals surface area contributed by atoms with Crippen LogP contribution in [0.4, 0.5) is 5.13 Å². The van der Waals surface area contributed by atoms with E-state index in [1.807, 2.05) is 0 Å². The predicted molar refractivity (Wildman–Crippen MR) is 111 cm³/mol. The molecule has 1 amide bonds. The number of primary amides is 1. The van der Waals surface area contributed by atoms with Crippen molar-refractivity contribution in [2.75, 3.05) is 44.2 Å². The summed E-state index contributed by atoms with van der Waals surface area (Å²) in [6.45, 7) is 7.76. The summed E-state index contributed by atoms with van der Waals surface area (Å²) in [5, 5.41) is 6.72. The number of aliphatic imine (C=N–C) groups is 1. The summed E-state index contributed by atoms with van der Waals surface area (Å²) < 4.78 is 0. The minimum atomic E-state index is -0.207. The van der Waals surface area contributed by atoms with E-state index in [4.69, 9.17) is 15.7 Å². The van der Waals surface area contributed by atoms with Crippen molar-refractivity contribution in [3.8, 4) is 0 Å². The number of anilines is 1. The molecule has 2 aliphatic rings. The summed E-state index contributed by atoms with van der Waals surface area (Å²) in [5.41, 5.74) is 6.51. The number of piperidine rings is 1. The number of aromatic nitrogens is 1. The summed E-state index contributed by atoms with van der Waals surface area (Å²) in [4.78, 5) is 25.5. The number of guanidine groups is 1. The van der Waals surface area contributed by atoms with Crippen LogP contribution in [-0.4, -0.2) is 61.0 Å². The van der Waals surface area contributed by atoms with E-state index < -0.39 is 0 Å². The highest BCUT2D eigenvalue weighted by atomic mass is 32.1. The van der Waals surface area contributed by atoms with E-state index in [1.54, 1.807) is 11.3 Å². The van der Waals surface area contributed by atoms with E-state index in [-0.39, 0.29) is 5.91 Å². The molecule has 2 saturated heterocycles. The van der Waals surface area contributed by atoms with Crippen molar-refractivity contribution < 1.29 is 4.79 Å². The number of nitrogens with two attached hydrogens (primary N) is 1. The third-order valence-electron chi connectivity index (χ3n) is 5.19. The van der Waals surface area contributed by atoms with Gasteiger partial charge in [0.15, 0.2) is 11.1 Å². The molecule has 0 spiro atoms. The van der Waals surface area contributed by atoms with Crippen molar-refractivity contribution in [3.05, 3.63) is 11.1 Å². The van der Waals surface area contributed by atoms with Gasteiger partial charge in [-0.25, -0.2) is 4.98 Å². The van der Waals surface area contributed by atoms with E-state index in [0.717, 1.165) is 75.3 Å². The fourth-order valence-corrected chi connectivity index (χ4v) is 4.79. The number of carbonyl (C=O) groups is 1. The zero-order chi connectivity index (χ0) is 19.1. The average Bonchev–Trinajstić information content (AvgIpc) is 3.32. The molecular weight excluding hydrogens is 360 g/mol. The lowest BCUT2D eigenvalue weighted by molar-refractivity contribution is -0.119. The number of nitrogens with zero attached hydrogens (tertiary/aromatic N) is 4. The lowest BCUT2D eigenvalue weighted by atomic mass is 9.95. The molecule has 1 aromatic heterocycles. The normalized spacial score (nSPS) is 20.9. The highest BCUT2D eigenvalue weighted by molar-refractivity contribution is 7.13. The van der Waals surface area contributed by atoms with E-state index in [0.29, 0.717) is 12.3 Å². The zero-order valence-electron chi connectivity index (χ0n) is 16.3. The van der Waals surface area contributed by atoms with Crippen LogP contribution in [-0.2, 0) is 11.2 Å². The number of likely N-dealkylation sites (tertiary alicyclic amines) is 1. The zero-order valence-corrected chi connectivity index (χ0v) is 17.1. The lowest BCUT2D eigenvalue weighted by Gasteiger charge is -2.34. The van der Waals surface area contributed by atoms with Gasteiger partial charge in [0.25, 0.3) is 0 Å². The molecule has 8 heteroatoms. The number of hydrogen-bond acceptors (Lipinski definition) is 5. The second kappa shape index (κ2) is 9.92. The first-order chi connectivity index (χ1) is 13.2. The predicted octanol–water partition coefficient (Wildman–Crippen LogP) is 1.84. The van der Waals surface area contributed by atoms with E-state index >= 15 is 0 Å². The van der Waals surface area contributed by atoms with Crippen LogP contribution < -0.4 is 16.0 Å². The molecule has 0 aliphatic carbocycles. The maximum absolute atomic E-state index is 11.2. The number of amides is 1. The molecule has 3 N–H and O–H groups in total. The minimum absolute atomic E-state index is 0.207. The molecule has 150 valence electrons. The van der Waals surface area contributed by atoms with Gasteiger partial charge in [-0.05, 0) is 38.5 Å². The summed E-state index contributed by atoms with van der Waals surface area (Å²) >= 11 is 1.75. The molecule has 3 heterocycles. The third kappa shape index (κ3) is 5.82. The summed E-state index contributed by atoms with van der Waals surface area (Å²) in [7, 11) is 0. The molecule has 3 rings (SSSR count). The largest absolute Gasteiger partial charge is 0.370 e. The topological polar surface area (TPSA) is 86.8 Å². The number of nitrogens with one attached hydrogen (secondary N) is 1. The van der Waals surface area contributed by atoms with Crippen molar-refractivity contribution in [1.29, 1.82) is 0 Å². The maximum atomic E-state index is 11.2. The monoisotopic (exact) mass is 392 g/mol. The van der Waals surface area contributed by atoms with Crippen molar-refractivity contribution >= 4 is 28.3 Å². The summed E-state index contributed by atoms with van der Waals surface area (Å²) in [5.74, 6) is 1.07. The van der Waals surface area contributed by atoms with Gasteiger partial charge in [0.2, 0.25) is 5.91 Å². The molecule has 0 bridgehead atoms. The Kier molecular flexibility index (Phi) is 7.32. The Morgan fingerprint density at radius 2 is 2.19 bits per heavy atom. The van der Waals surface area contributed by atoms with Crippen LogP contribution in [0.1, 0.15) is 44.7 Å². The second-order valence-electron chi connectivity index (χ2n) is 7.43. The van der Waals surface area contributed by atoms with Crippen LogP contribution in [0.2, 0.25) is 0 Å². The lowest BCUT2D eigenvalue weighted by Crippen LogP contribution is -2.47. The van der Waals surface area contributed by atoms with Crippen LogP contribution in [0.25, 0.3) is 0 Å². The van der Waals surface area contributed by atoms with Crippen LogP contribution in [0, 0.1) is 5.92 Å². The Morgan fingerprint density at radius 3 is 2.93 bits per heavy atom. The first-order valence-electron chi connectivity index (χ1n) is 10.2. The SMILES string of the molecule is CCNC(=NCCc1csc(N2CCCC2)n1)N1CCCC(CC(N)=O)C1. The first kappa shape index (κ1) is 19.9. The van der Waals surface area contributed by atoms with Gasteiger partial charge in [0, 0.05) is 57.5 Å². The van der Waals surface area contributed by atoms with Gasteiger partial charge in [-0.1, -0.05) is 0 Å². The number of carbonyl (C=O) groups excluding carboxylic acids is 1. The van der Waals surface area contributed by atoms with Crippen LogP contribution in [0.3, 0.4) is 0 Å². The molecule has 7 nitrogen and oxygen atoms in total. The smallest absolute Gasteiger partial charge is 0.217 e. The van der Waals surface area contributed by atoms with Crippen molar-refractivity contribution in [2.45, 2.75) is 45.4 Å². The van der Waals surface area contributed by atoms with Crippen LogP contribution >= 0.6 is 11.3 Å². The van der Waals surface area contributed by atoms with Crippen molar-refractivity contribution in [3.63, 3.8) is 0 Å². The van der Waals surface area contributed by atoms with Gasteiger partial charge in [-0.15, -0.1) is 11.3 Å². The van der Waals surface area contributed by atoms with Gasteiger partial charge in [0.1, 0.15) is 0 Å². The van der Waals surface area contributed by atoms with Gasteiger partial charge < -0.3 is 20.9 Å². The highest BCUT2D eigenvalue weighted by Gasteiger charge is 2.23. The number of thiazole rings is 1. The number of hydrogen-bond donors (Lipinski definition) is 2. The van der Waals surface area contributed by atoms with Gasteiger partial charge >= 0.3 is 0 Å². The quantitative estimate of drug-likeness (QED) is 0.546. The van der Waals surface area contributed by atoms with Crippen LogP contribution in [0.15, 0.2) is 10.4 Å². The Bertz CT molecular complexity index is 640. The van der Waals surface area contributed by atoms with E-state index in [9.17, 15) is 4.79 Å². The average molecular weight is 393 g/mol. The molecule has 27 heavy (non-hydrogen) atoms. The van der Waals surface area contributed by atoms with E-state index in [1.165, 1.54) is 12.8 Å². The molecule has 2 fully saturated rings. The Hall–Kier alpha value is -1.83. The molecule has 1 atom stereocenters. The summed E-state index contributed by atoms with van der Waals surface area (Å²) in [6, 6.07) is 0. The standard InChI is InChI=1S/C19H32N6OS/c1-2-21-18(25-11-5-6-15(13-25)12-17(20)26)22-8-7-16-14-27-19(23-16)24-9-3-4-10-24/h14-15H,2-13H2,1H3,(H2,20,26)(H,21,22).